The SMILES string of the molecule is CCc1nc(CC(C(=O)N[C@@H](Cc2c[nH]c3ccccc23)C(=O)OCc2ccccc2)c2ccc3c(c2)OCO3)c(C(=O)OC(C)(C)C)[nH]1. The van der Waals surface area contributed by atoms with Gasteiger partial charge in [0.05, 0.1) is 11.6 Å². The molecule has 2 aromatic heterocycles. The molecule has 3 aromatic carbocycles. The number of benzene rings is 3. The number of H-pyrrole nitrogens is 2. The van der Waals surface area contributed by atoms with Crippen LogP contribution in [0.1, 0.15) is 72.3 Å². The fraction of sp³-hybridized carbons (Fsp3) is 0.316. The standard InChI is InChI=1S/C38H40N4O7/c1-5-33-40-29(34(42-33)37(45)49-38(2,3)4)19-27(24-15-16-31-32(18-24)48-22-47-31)35(43)41-30(36(44)46-21-23-11-7-6-8-12-23)17-25-20-39-28-14-10-9-13-26(25)28/h6-16,18,20,27,30,39H,5,17,19,21-22H2,1-4H3,(H,40,42)(H,41,43)/t27?,30-/m0/s1. The maximum absolute atomic E-state index is 14.5. The summed E-state index contributed by atoms with van der Waals surface area (Å²) in [7, 11) is 0. The molecular formula is C38H40N4O7. The molecule has 0 radical (unpaired) electrons. The monoisotopic (exact) mass is 664 g/mol. The quantitative estimate of drug-likeness (QED) is 0.139. The highest BCUT2D eigenvalue weighted by Crippen LogP contribution is 2.36. The first-order valence-electron chi connectivity index (χ1n) is 16.3. The highest BCUT2D eigenvalue weighted by molar-refractivity contribution is 5.92. The van der Waals surface area contributed by atoms with Gasteiger partial charge in [0.15, 0.2) is 11.5 Å². The Balaban J connectivity index is 1.33. The van der Waals surface area contributed by atoms with E-state index in [1.54, 1.807) is 39.0 Å². The summed E-state index contributed by atoms with van der Waals surface area (Å²) in [5.41, 5.74) is 3.01. The van der Waals surface area contributed by atoms with Crippen molar-refractivity contribution in [1.29, 1.82) is 0 Å². The molecule has 1 aliphatic rings. The lowest BCUT2D eigenvalue weighted by Gasteiger charge is -2.23. The fourth-order valence-corrected chi connectivity index (χ4v) is 5.78. The van der Waals surface area contributed by atoms with Gasteiger partial charge in [-0.15, -0.1) is 0 Å². The van der Waals surface area contributed by atoms with Crippen molar-refractivity contribution in [2.24, 2.45) is 0 Å². The van der Waals surface area contributed by atoms with E-state index in [1.807, 2.05) is 67.7 Å². The maximum Gasteiger partial charge on any atom is 0.357 e. The number of rotatable bonds is 12. The predicted octanol–water partition coefficient (Wildman–Crippen LogP) is 5.93. The van der Waals surface area contributed by atoms with Crippen molar-refractivity contribution in [1.82, 2.24) is 20.3 Å². The molecule has 1 unspecified atom stereocenters. The number of aryl methyl sites for hydroxylation is 1. The Hall–Kier alpha value is -5.58. The van der Waals surface area contributed by atoms with E-state index < -0.39 is 35.4 Å². The normalized spacial score (nSPS) is 13.6. The van der Waals surface area contributed by atoms with E-state index >= 15 is 0 Å². The maximum atomic E-state index is 14.5. The largest absolute Gasteiger partial charge is 0.459 e. The summed E-state index contributed by atoms with van der Waals surface area (Å²) in [5, 5.41) is 3.94. The number of imidazole rings is 1. The van der Waals surface area contributed by atoms with Gasteiger partial charge in [-0.2, -0.15) is 0 Å². The number of fused-ring (bicyclic) bond motifs is 2. The number of ether oxygens (including phenoxy) is 4. The van der Waals surface area contributed by atoms with Crippen molar-refractivity contribution in [2.75, 3.05) is 6.79 Å². The van der Waals surface area contributed by atoms with Crippen molar-refractivity contribution in [3.8, 4) is 11.5 Å². The minimum atomic E-state index is -1.03. The Kier molecular flexibility index (Phi) is 9.70. The van der Waals surface area contributed by atoms with Gasteiger partial charge in [-0.1, -0.05) is 61.5 Å². The van der Waals surface area contributed by atoms with Crippen LogP contribution in [0.25, 0.3) is 10.9 Å². The van der Waals surface area contributed by atoms with Crippen LogP contribution in [0.5, 0.6) is 11.5 Å². The van der Waals surface area contributed by atoms with Gasteiger partial charge in [-0.05, 0) is 55.7 Å². The molecule has 0 spiro atoms. The summed E-state index contributed by atoms with van der Waals surface area (Å²) in [5.74, 6) is -0.825. The van der Waals surface area contributed by atoms with Crippen molar-refractivity contribution in [3.05, 3.63) is 113 Å². The van der Waals surface area contributed by atoms with E-state index in [4.69, 9.17) is 18.9 Å². The summed E-state index contributed by atoms with van der Waals surface area (Å²) >= 11 is 0. The Morgan fingerprint density at radius 1 is 0.959 bits per heavy atom. The summed E-state index contributed by atoms with van der Waals surface area (Å²) in [6.07, 6.45) is 2.60. The van der Waals surface area contributed by atoms with Gasteiger partial charge in [0.25, 0.3) is 0 Å². The molecule has 6 rings (SSSR count). The van der Waals surface area contributed by atoms with Crippen molar-refractivity contribution >= 4 is 28.7 Å². The molecule has 11 nitrogen and oxygen atoms in total. The molecular weight excluding hydrogens is 624 g/mol. The molecule has 49 heavy (non-hydrogen) atoms. The summed E-state index contributed by atoms with van der Waals surface area (Å²) < 4.78 is 22.6. The second-order valence-electron chi connectivity index (χ2n) is 12.9. The van der Waals surface area contributed by atoms with Gasteiger partial charge in [-0.3, -0.25) is 4.79 Å². The second-order valence-corrected chi connectivity index (χ2v) is 12.9. The molecule has 3 N–H and O–H groups in total. The Morgan fingerprint density at radius 2 is 1.71 bits per heavy atom. The van der Waals surface area contributed by atoms with Gasteiger partial charge in [-0.25, -0.2) is 14.6 Å². The van der Waals surface area contributed by atoms with Crippen LogP contribution in [0, 0.1) is 0 Å². The molecule has 254 valence electrons. The first-order valence-corrected chi connectivity index (χ1v) is 16.3. The third-order valence-corrected chi connectivity index (χ3v) is 8.20. The van der Waals surface area contributed by atoms with Crippen molar-refractivity contribution < 1.29 is 33.3 Å². The lowest BCUT2D eigenvalue weighted by atomic mass is 9.91. The average molecular weight is 665 g/mol. The van der Waals surface area contributed by atoms with E-state index in [1.165, 1.54) is 0 Å². The number of nitrogens with zero attached hydrogens (tertiary/aromatic N) is 1. The number of esters is 2. The summed E-state index contributed by atoms with van der Waals surface area (Å²) in [6.45, 7) is 7.40. The van der Waals surface area contributed by atoms with Gasteiger partial charge in [0, 0.05) is 36.4 Å². The molecule has 11 heteroatoms. The molecule has 5 aromatic rings. The molecule has 2 atom stereocenters. The number of aromatic amines is 2. The molecule has 3 heterocycles. The van der Waals surface area contributed by atoms with Crippen LogP contribution in [0.3, 0.4) is 0 Å². The second kappa shape index (κ2) is 14.3. The number of para-hydroxylation sites is 1. The number of hydrogen-bond donors (Lipinski definition) is 3. The van der Waals surface area contributed by atoms with Crippen molar-refractivity contribution in [2.45, 2.75) is 71.1 Å². The molecule has 0 aliphatic carbocycles. The van der Waals surface area contributed by atoms with Gasteiger partial charge in [0.1, 0.15) is 29.8 Å². The van der Waals surface area contributed by atoms with Crippen LogP contribution < -0.4 is 14.8 Å². The van der Waals surface area contributed by atoms with E-state index in [0.717, 1.165) is 22.0 Å². The molecule has 1 amide bonds. The van der Waals surface area contributed by atoms with Gasteiger partial charge < -0.3 is 34.2 Å². The highest BCUT2D eigenvalue weighted by Gasteiger charge is 2.33. The number of hydrogen-bond acceptors (Lipinski definition) is 8. The van der Waals surface area contributed by atoms with Crippen LogP contribution in [-0.2, 0) is 44.9 Å². The van der Waals surface area contributed by atoms with E-state index in [0.29, 0.717) is 35.0 Å². The van der Waals surface area contributed by atoms with Crippen LogP contribution in [0.2, 0.25) is 0 Å². The summed E-state index contributed by atoms with van der Waals surface area (Å²) in [6, 6.07) is 21.4. The minimum Gasteiger partial charge on any atom is -0.459 e. The Morgan fingerprint density at radius 3 is 2.49 bits per heavy atom. The molecule has 0 bridgehead atoms. The third-order valence-electron chi connectivity index (χ3n) is 8.20. The smallest absolute Gasteiger partial charge is 0.357 e. The first-order chi connectivity index (χ1) is 23.6. The highest BCUT2D eigenvalue weighted by atomic mass is 16.7. The number of carbonyl (C=O) groups excluding carboxylic acids is 3. The molecule has 0 saturated heterocycles. The lowest BCUT2D eigenvalue weighted by Crippen LogP contribution is -2.45. The van der Waals surface area contributed by atoms with E-state index in [9.17, 15) is 14.4 Å². The lowest BCUT2D eigenvalue weighted by molar-refractivity contribution is -0.149. The van der Waals surface area contributed by atoms with Crippen LogP contribution >= 0.6 is 0 Å². The number of aromatic nitrogens is 3. The van der Waals surface area contributed by atoms with Crippen LogP contribution in [0.15, 0.2) is 79.0 Å². The first kappa shape index (κ1) is 33.3. The zero-order chi connectivity index (χ0) is 34.5. The van der Waals surface area contributed by atoms with Crippen LogP contribution in [0.4, 0.5) is 0 Å². The predicted molar refractivity (Wildman–Crippen MR) is 182 cm³/mol. The zero-order valence-corrected chi connectivity index (χ0v) is 28.0. The Bertz CT molecular complexity index is 1960. The summed E-state index contributed by atoms with van der Waals surface area (Å²) in [4.78, 5) is 52.5. The van der Waals surface area contributed by atoms with Gasteiger partial charge >= 0.3 is 11.9 Å². The average Bonchev–Trinajstić information content (AvgIpc) is 3.84. The number of amides is 1. The Labute approximate surface area is 284 Å². The number of carbonyl (C=O) groups is 3. The third kappa shape index (κ3) is 7.94. The van der Waals surface area contributed by atoms with Crippen LogP contribution in [-0.4, -0.2) is 51.2 Å². The fourth-order valence-electron chi connectivity index (χ4n) is 5.78. The topological polar surface area (TPSA) is 145 Å². The van der Waals surface area contributed by atoms with E-state index in [-0.39, 0.29) is 31.9 Å². The van der Waals surface area contributed by atoms with E-state index in [2.05, 4.69) is 20.3 Å². The zero-order valence-electron chi connectivity index (χ0n) is 28.0. The molecule has 0 saturated carbocycles. The van der Waals surface area contributed by atoms with Crippen molar-refractivity contribution in [3.63, 3.8) is 0 Å². The molecule has 1 aliphatic heterocycles. The molecule has 0 fully saturated rings. The number of nitrogens with one attached hydrogen (secondary N) is 3. The minimum absolute atomic E-state index is 0.0371. The van der Waals surface area contributed by atoms with Gasteiger partial charge in [0.2, 0.25) is 12.7 Å².